The zero-order valence-corrected chi connectivity index (χ0v) is 34.0. The minimum atomic E-state index is -1.47. The van der Waals surface area contributed by atoms with Crippen molar-refractivity contribution in [1.29, 1.82) is 0 Å². The van der Waals surface area contributed by atoms with Crippen molar-refractivity contribution in [3.63, 3.8) is 0 Å². The number of nitro groups is 3. The summed E-state index contributed by atoms with van der Waals surface area (Å²) >= 11 is 0. The molecule has 6 rings (SSSR count). The van der Waals surface area contributed by atoms with Crippen molar-refractivity contribution in [2.24, 2.45) is 22.7 Å². The van der Waals surface area contributed by atoms with Crippen molar-refractivity contribution >= 4 is 65.0 Å². The fraction of sp³-hybridized carbons (Fsp3) is 0.300. The van der Waals surface area contributed by atoms with Crippen LogP contribution < -0.4 is 10.6 Å². The molecule has 3 aromatic carbocycles. The minimum absolute atomic E-state index is 0.0852. The van der Waals surface area contributed by atoms with Crippen molar-refractivity contribution in [1.82, 2.24) is 20.4 Å². The zero-order chi connectivity index (χ0) is 47.3. The van der Waals surface area contributed by atoms with Gasteiger partial charge in [-0.1, -0.05) is 6.92 Å². The number of aliphatic imine (C=N–C) groups is 1. The molecule has 3 heterocycles. The van der Waals surface area contributed by atoms with E-state index in [4.69, 9.17) is 14.2 Å². The first kappa shape index (κ1) is 46.2. The Bertz CT molecular complexity index is 2450. The summed E-state index contributed by atoms with van der Waals surface area (Å²) in [6.07, 6.45) is -3.55. The van der Waals surface area contributed by atoms with Crippen molar-refractivity contribution in [2.45, 2.75) is 32.4 Å². The molecule has 25 heteroatoms. The number of rotatable bonds is 12. The average molecular weight is 901 g/mol. The summed E-state index contributed by atoms with van der Waals surface area (Å²) in [5, 5.41) is 47.5. The van der Waals surface area contributed by atoms with Gasteiger partial charge in [0.1, 0.15) is 5.70 Å². The smallest absolute Gasteiger partial charge is 0.393 e. The van der Waals surface area contributed by atoms with Crippen molar-refractivity contribution in [3.05, 3.63) is 131 Å². The topological polar surface area (TPSA) is 340 Å². The highest BCUT2D eigenvalue weighted by atomic mass is 16.6. The number of ether oxygens (including phenoxy) is 3. The Morgan fingerprint density at radius 1 is 0.738 bits per heavy atom. The number of amides is 3. The number of guanidine groups is 1. The maximum absolute atomic E-state index is 13.7. The molecular weight excluding hydrogens is 864 g/mol. The van der Waals surface area contributed by atoms with Gasteiger partial charge in [-0.3, -0.25) is 55.7 Å². The normalized spacial score (nSPS) is 19.2. The first-order valence-electron chi connectivity index (χ1n) is 19.4. The summed E-state index contributed by atoms with van der Waals surface area (Å²) in [6.45, 7) is 3.84. The molecule has 3 N–H and O–H groups in total. The van der Waals surface area contributed by atoms with E-state index in [0.29, 0.717) is 18.5 Å². The number of hydrogen-bond donors (Lipinski definition) is 3. The summed E-state index contributed by atoms with van der Waals surface area (Å²) in [5.74, 6) is -7.58. The second-order valence-corrected chi connectivity index (χ2v) is 14.9. The molecule has 0 bridgehead atoms. The number of fused-ring (bicyclic) bond motifs is 1. The van der Waals surface area contributed by atoms with Gasteiger partial charge in [0.25, 0.3) is 17.1 Å². The molecule has 1 unspecified atom stereocenters. The van der Waals surface area contributed by atoms with Gasteiger partial charge in [0.05, 0.1) is 49.5 Å². The molecule has 2 fully saturated rings. The third-order valence-electron chi connectivity index (χ3n) is 10.7. The standard InChI is InChI=1S/C40H36N8O17/c1-20-29(32(45-31(20)30(21(2)49)33(45)50)37(54)63-34(51)23-3-9-26(10-4-23)46(57)58)19-44-16-15-22(18-44)17-41-38(42-39(55)64-35(52)24-5-11-27(12-6-24)47(59)60)43-40(56)65-36(53)25-7-13-28(14-8-25)48(61)62/h3-14,20-22,30-31,49H,15-19H2,1-2H3,(H2,41,42,43,55,56)/t20-,21+,22+,30?,31+/m0/s1. The number of esters is 4. The van der Waals surface area contributed by atoms with Gasteiger partial charge in [-0.05, 0) is 67.8 Å². The Hall–Kier alpha value is -8.32. The number of carbonyl (C=O) groups excluding carboxylic acids is 7. The summed E-state index contributed by atoms with van der Waals surface area (Å²) in [6, 6.07) is 11.9. The van der Waals surface area contributed by atoms with E-state index in [-0.39, 0.29) is 65.0 Å². The second-order valence-electron chi connectivity index (χ2n) is 14.9. The predicted molar refractivity (Wildman–Crippen MR) is 216 cm³/mol. The number of β-lactam (4-membered cyclic amide) rings is 1. The van der Waals surface area contributed by atoms with Crippen LogP contribution in [0.4, 0.5) is 26.7 Å². The third-order valence-corrected chi connectivity index (χ3v) is 10.7. The van der Waals surface area contributed by atoms with Gasteiger partial charge in [-0.15, -0.1) is 0 Å². The van der Waals surface area contributed by atoms with Gasteiger partial charge in [0.15, 0.2) is 0 Å². The Balaban J connectivity index is 1.16. The molecule has 338 valence electrons. The van der Waals surface area contributed by atoms with Crippen LogP contribution in [0.2, 0.25) is 0 Å². The molecule has 0 aliphatic carbocycles. The minimum Gasteiger partial charge on any atom is -0.393 e. The van der Waals surface area contributed by atoms with Gasteiger partial charge >= 0.3 is 36.1 Å². The number of nitrogens with one attached hydrogen (secondary N) is 2. The number of non-ortho nitro benzene ring substituents is 3. The molecular formula is C40H36N8O17. The van der Waals surface area contributed by atoms with Crippen LogP contribution in [0.3, 0.4) is 0 Å². The summed E-state index contributed by atoms with van der Waals surface area (Å²) < 4.78 is 14.7. The molecule has 3 aromatic rings. The quantitative estimate of drug-likeness (QED) is 0.0344. The summed E-state index contributed by atoms with van der Waals surface area (Å²) in [4.78, 5) is 129. The molecule has 3 amide bonds. The van der Waals surface area contributed by atoms with Crippen LogP contribution in [0.15, 0.2) is 89.1 Å². The third kappa shape index (κ3) is 10.5. The zero-order valence-electron chi connectivity index (χ0n) is 34.0. The molecule has 0 spiro atoms. The van der Waals surface area contributed by atoms with Crippen LogP contribution >= 0.6 is 0 Å². The SMILES string of the molecule is C[C@@H](O)C1C(=O)N2C(C(=O)OC(=O)c3ccc([N+](=O)[O-])cc3)=C(CN3CC[C@H](CN=C(NC(=O)OC(=O)c4ccc([N+](=O)[O-])cc4)NC(=O)OC(=O)c4ccc([N+](=O)[O-])cc4)C3)[C@H](C)[C@H]12. The molecule has 0 aromatic heterocycles. The van der Waals surface area contributed by atoms with Crippen molar-refractivity contribution in [3.8, 4) is 0 Å². The van der Waals surface area contributed by atoms with E-state index >= 15 is 0 Å². The first-order chi connectivity index (χ1) is 30.8. The van der Waals surface area contributed by atoms with E-state index in [1.165, 1.54) is 11.8 Å². The molecule has 2 saturated heterocycles. The van der Waals surface area contributed by atoms with Crippen LogP contribution in [-0.2, 0) is 23.8 Å². The Morgan fingerprint density at radius 3 is 1.58 bits per heavy atom. The van der Waals surface area contributed by atoms with E-state index in [2.05, 4.69) is 15.6 Å². The lowest BCUT2D eigenvalue weighted by Crippen LogP contribution is -2.63. The van der Waals surface area contributed by atoms with Gasteiger partial charge < -0.3 is 24.2 Å². The number of alkyl carbamates (subject to hydrolysis) is 2. The van der Waals surface area contributed by atoms with E-state index < -0.39 is 86.7 Å². The average Bonchev–Trinajstić information content (AvgIpc) is 3.81. The second kappa shape index (κ2) is 19.4. The highest BCUT2D eigenvalue weighted by Gasteiger charge is 2.60. The monoisotopic (exact) mass is 900 g/mol. The van der Waals surface area contributed by atoms with Crippen LogP contribution in [0.1, 0.15) is 51.3 Å². The molecule has 3 aliphatic rings. The van der Waals surface area contributed by atoms with E-state index in [1.807, 2.05) is 4.90 Å². The molecule has 0 saturated carbocycles. The summed E-state index contributed by atoms with van der Waals surface area (Å²) in [5.41, 5.74) is -1.38. The van der Waals surface area contributed by atoms with Crippen molar-refractivity contribution in [2.75, 3.05) is 26.2 Å². The van der Waals surface area contributed by atoms with Crippen molar-refractivity contribution < 1.29 is 67.6 Å². The highest BCUT2D eigenvalue weighted by Crippen LogP contribution is 2.48. The lowest BCUT2D eigenvalue weighted by atomic mass is 9.77. The number of aliphatic hydroxyl groups excluding tert-OH is 1. The Morgan fingerprint density at radius 2 is 1.17 bits per heavy atom. The largest absolute Gasteiger partial charge is 0.421 e. The van der Waals surface area contributed by atoms with E-state index in [1.54, 1.807) is 6.92 Å². The number of hydrogen-bond acceptors (Lipinski definition) is 19. The molecule has 25 nitrogen and oxygen atoms in total. The number of benzene rings is 3. The fourth-order valence-corrected chi connectivity index (χ4v) is 7.50. The maximum atomic E-state index is 13.7. The summed E-state index contributed by atoms with van der Waals surface area (Å²) in [7, 11) is 0. The lowest BCUT2D eigenvalue weighted by molar-refractivity contribution is -0.385. The number of aliphatic hydroxyl groups is 1. The van der Waals surface area contributed by atoms with Crippen LogP contribution in [0.5, 0.6) is 0 Å². The van der Waals surface area contributed by atoms with E-state index in [9.17, 15) is 69.0 Å². The van der Waals surface area contributed by atoms with Crippen LogP contribution in [0, 0.1) is 48.1 Å². The lowest BCUT2D eigenvalue weighted by Gasteiger charge is -2.46. The van der Waals surface area contributed by atoms with E-state index in [0.717, 1.165) is 72.8 Å². The number of carbonyl (C=O) groups is 7. The Kier molecular flexibility index (Phi) is 13.8. The van der Waals surface area contributed by atoms with Gasteiger partial charge in [-0.2, -0.15) is 0 Å². The van der Waals surface area contributed by atoms with Gasteiger partial charge in [0, 0.05) is 62.0 Å². The number of nitro benzene ring substituents is 3. The number of likely N-dealkylation sites (tertiary alicyclic amines) is 1. The molecule has 65 heavy (non-hydrogen) atoms. The van der Waals surface area contributed by atoms with Crippen LogP contribution in [0.25, 0.3) is 0 Å². The van der Waals surface area contributed by atoms with Gasteiger partial charge in [-0.25, -0.2) is 28.8 Å². The Labute approximate surface area is 365 Å². The molecule has 0 radical (unpaired) electrons. The number of nitrogens with zero attached hydrogens (tertiary/aromatic N) is 6. The molecule has 5 atom stereocenters. The highest BCUT2D eigenvalue weighted by molar-refractivity contribution is 6.08. The first-order valence-corrected chi connectivity index (χ1v) is 19.4. The maximum Gasteiger partial charge on any atom is 0.421 e. The molecule has 3 aliphatic heterocycles. The van der Waals surface area contributed by atoms with Crippen LogP contribution in [-0.4, -0.2) is 116 Å². The predicted octanol–water partition coefficient (Wildman–Crippen LogP) is 3.02. The van der Waals surface area contributed by atoms with Gasteiger partial charge in [0.2, 0.25) is 11.9 Å². The fourth-order valence-electron chi connectivity index (χ4n) is 7.50.